The van der Waals surface area contributed by atoms with Crippen LogP contribution in [0, 0.1) is 0 Å². The summed E-state index contributed by atoms with van der Waals surface area (Å²) in [6.45, 7) is 2.50. The van der Waals surface area contributed by atoms with Gasteiger partial charge in [-0.15, -0.1) is 0 Å². The van der Waals surface area contributed by atoms with Crippen LogP contribution in [-0.4, -0.2) is 12.5 Å². The van der Waals surface area contributed by atoms with E-state index < -0.39 is 5.91 Å². The number of benzene rings is 1. The van der Waals surface area contributed by atoms with Crippen LogP contribution in [-0.2, 0) is 4.74 Å². The predicted octanol–water partition coefficient (Wildman–Crippen LogP) is 1.79. The molecule has 3 nitrogen and oxygen atoms in total. The van der Waals surface area contributed by atoms with Gasteiger partial charge in [0.05, 0.1) is 12.9 Å². The first-order chi connectivity index (χ1) is 6.75. The zero-order valence-electron chi connectivity index (χ0n) is 8.07. The molecule has 1 rings (SSSR count). The SMILES string of the molecule is CCOC=Cc1ccccc1C(N)=O. The zero-order chi connectivity index (χ0) is 10.4. The molecule has 0 aliphatic carbocycles. The molecule has 0 fully saturated rings. The van der Waals surface area contributed by atoms with E-state index >= 15 is 0 Å². The lowest BCUT2D eigenvalue weighted by Crippen LogP contribution is -2.12. The van der Waals surface area contributed by atoms with Gasteiger partial charge < -0.3 is 10.5 Å². The van der Waals surface area contributed by atoms with Gasteiger partial charge in [-0.3, -0.25) is 4.79 Å². The summed E-state index contributed by atoms with van der Waals surface area (Å²) < 4.78 is 5.04. The minimum Gasteiger partial charge on any atom is -0.501 e. The topological polar surface area (TPSA) is 52.3 Å². The predicted molar refractivity (Wildman–Crippen MR) is 55.6 cm³/mol. The Hall–Kier alpha value is -1.77. The Kier molecular flexibility index (Phi) is 3.73. The van der Waals surface area contributed by atoms with Crippen LogP contribution in [0.1, 0.15) is 22.8 Å². The number of primary amides is 1. The maximum Gasteiger partial charge on any atom is 0.249 e. The van der Waals surface area contributed by atoms with E-state index in [2.05, 4.69) is 0 Å². The number of rotatable bonds is 4. The van der Waals surface area contributed by atoms with Crippen LogP contribution >= 0.6 is 0 Å². The quantitative estimate of drug-likeness (QED) is 0.738. The van der Waals surface area contributed by atoms with Crippen molar-refractivity contribution in [3.8, 4) is 0 Å². The van der Waals surface area contributed by atoms with Crippen molar-refractivity contribution < 1.29 is 9.53 Å². The fourth-order valence-corrected chi connectivity index (χ4v) is 1.08. The Balaban J connectivity index is 2.90. The molecule has 0 aliphatic heterocycles. The molecule has 1 aromatic carbocycles. The molecular weight excluding hydrogens is 178 g/mol. The van der Waals surface area contributed by atoms with Gasteiger partial charge in [0.2, 0.25) is 5.91 Å². The first-order valence-corrected chi connectivity index (χ1v) is 4.42. The lowest BCUT2D eigenvalue weighted by atomic mass is 10.1. The number of nitrogens with two attached hydrogens (primary N) is 1. The van der Waals surface area contributed by atoms with Crippen molar-refractivity contribution in [3.05, 3.63) is 41.7 Å². The summed E-state index contributed by atoms with van der Waals surface area (Å²) >= 11 is 0. The van der Waals surface area contributed by atoms with Gasteiger partial charge in [0.25, 0.3) is 0 Å². The second kappa shape index (κ2) is 5.07. The van der Waals surface area contributed by atoms with Crippen LogP contribution in [0.15, 0.2) is 30.5 Å². The molecule has 0 saturated heterocycles. The van der Waals surface area contributed by atoms with Gasteiger partial charge in [0, 0.05) is 5.56 Å². The lowest BCUT2D eigenvalue weighted by molar-refractivity contribution is 0.1000. The normalized spacial score (nSPS) is 10.4. The maximum atomic E-state index is 11.0. The van der Waals surface area contributed by atoms with Crippen LogP contribution in [0.3, 0.4) is 0 Å². The molecule has 0 heterocycles. The standard InChI is InChI=1S/C11H13NO2/c1-2-14-8-7-9-5-3-4-6-10(9)11(12)13/h3-8H,2H2,1H3,(H2,12,13). The molecule has 0 saturated carbocycles. The van der Waals surface area contributed by atoms with Gasteiger partial charge >= 0.3 is 0 Å². The number of carbonyl (C=O) groups is 1. The molecule has 0 unspecified atom stereocenters. The molecule has 1 aromatic rings. The summed E-state index contributed by atoms with van der Waals surface area (Å²) in [4.78, 5) is 11.0. The molecular formula is C11H13NO2. The summed E-state index contributed by atoms with van der Waals surface area (Å²) in [5, 5.41) is 0. The van der Waals surface area contributed by atoms with E-state index in [1.807, 2.05) is 19.1 Å². The first kappa shape index (κ1) is 10.3. The highest BCUT2D eigenvalue weighted by Gasteiger charge is 2.03. The van der Waals surface area contributed by atoms with E-state index in [1.165, 1.54) is 0 Å². The van der Waals surface area contributed by atoms with Crippen LogP contribution < -0.4 is 5.73 Å². The maximum absolute atomic E-state index is 11.0. The highest BCUT2D eigenvalue weighted by Crippen LogP contribution is 2.09. The van der Waals surface area contributed by atoms with Crippen molar-refractivity contribution in [1.29, 1.82) is 0 Å². The van der Waals surface area contributed by atoms with Crippen molar-refractivity contribution in [3.63, 3.8) is 0 Å². The van der Waals surface area contributed by atoms with E-state index in [-0.39, 0.29) is 0 Å². The summed E-state index contributed by atoms with van der Waals surface area (Å²) in [6, 6.07) is 7.12. The largest absolute Gasteiger partial charge is 0.501 e. The van der Waals surface area contributed by atoms with Crippen molar-refractivity contribution in [2.75, 3.05) is 6.61 Å². The van der Waals surface area contributed by atoms with E-state index in [1.54, 1.807) is 24.5 Å². The Bertz CT molecular complexity index is 345. The molecule has 0 aromatic heterocycles. The molecule has 0 aliphatic rings. The van der Waals surface area contributed by atoms with Crippen LogP contribution in [0.4, 0.5) is 0 Å². The molecule has 1 amide bonds. The van der Waals surface area contributed by atoms with E-state index in [0.717, 1.165) is 5.56 Å². The molecule has 2 N–H and O–H groups in total. The fraction of sp³-hybridized carbons (Fsp3) is 0.182. The molecule has 0 bridgehead atoms. The third-order valence-corrected chi connectivity index (χ3v) is 1.74. The summed E-state index contributed by atoms with van der Waals surface area (Å²) in [5.41, 5.74) is 6.48. The van der Waals surface area contributed by atoms with Gasteiger partial charge in [-0.1, -0.05) is 18.2 Å². The van der Waals surface area contributed by atoms with Gasteiger partial charge in [-0.25, -0.2) is 0 Å². The highest BCUT2D eigenvalue weighted by atomic mass is 16.5. The Morgan fingerprint density at radius 3 is 2.86 bits per heavy atom. The van der Waals surface area contributed by atoms with Crippen molar-refractivity contribution in [2.24, 2.45) is 5.73 Å². The Morgan fingerprint density at radius 2 is 2.21 bits per heavy atom. The first-order valence-electron chi connectivity index (χ1n) is 4.42. The van der Waals surface area contributed by atoms with Gasteiger partial charge in [-0.05, 0) is 24.6 Å². The lowest BCUT2D eigenvalue weighted by Gasteiger charge is -2.00. The molecule has 3 heteroatoms. The summed E-state index contributed by atoms with van der Waals surface area (Å²) in [7, 11) is 0. The average molecular weight is 191 g/mol. The number of ether oxygens (including phenoxy) is 1. The van der Waals surface area contributed by atoms with Crippen molar-refractivity contribution >= 4 is 12.0 Å². The molecule has 14 heavy (non-hydrogen) atoms. The van der Waals surface area contributed by atoms with Crippen molar-refractivity contribution in [1.82, 2.24) is 0 Å². The molecule has 74 valence electrons. The van der Waals surface area contributed by atoms with Crippen LogP contribution in [0.25, 0.3) is 6.08 Å². The highest BCUT2D eigenvalue weighted by molar-refractivity contribution is 5.96. The molecule has 0 atom stereocenters. The molecule has 0 spiro atoms. The van der Waals surface area contributed by atoms with E-state index in [9.17, 15) is 4.79 Å². The minimum atomic E-state index is -0.429. The van der Waals surface area contributed by atoms with Gasteiger partial charge in [0.1, 0.15) is 0 Å². The fourth-order valence-electron chi connectivity index (χ4n) is 1.08. The smallest absolute Gasteiger partial charge is 0.249 e. The third kappa shape index (κ3) is 2.62. The minimum absolute atomic E-state index is 0.429. The zero-order valence-corrected chi connectivity index (χ0v) is 8.07. The number of hydrogen-bond donors (Lipinski definition) is 1. The second-order valence-corrected chi connectivity index (χ2v) is 2.71. The number of carbonyl (C=O) groups excluding carboxylic acids is 1. The van der Waals surface area contributed by atoms with Crippen LogP contribution in [0.5, 0.6) is 0 Å². The second-order valence-electron chi connectivity index (χ2n) is 2.71. The van der Waals surface area contributed by atoms with E-state index in [0.29, 0.717) is 12.2 Å². The van der Waals surface area contributed by atoms with Crippen molar-refractivity contribution in [2.45, 2.75) is 6.92 Å². The summed E-state index contributed by atoms with van der Waals surface area (Å²) in [5.74, 6) is -0.429. The number of amides is 1. The van der Waals surface area contributed by atoms with Gasteiger partial charge in [0.15, 0.2) is 0 Å². The summed E-state index contributed by atoms with van der Waals surface area (Å²) in [6.07, 6.45) is 3.28. The van der Waals surface area contributed by atoms with Crippen LogP contribution in [0.2, 0.25) is 0 Å². The average Bonchev–Trinajstić information content (AvgIpc) is 2.19. The Labute approximate surface area is 83.2 Å². The Morgan fingerprint density at radius 1 is 1.50 bits per heavy atom. The third-order valence-electron chi connectivity index (χ3n) is 1.74. The number of hydrogen-bond acceptors (Lipinski definition) is 2. The monoisotopic (exact) mass is 191 g/mol. The molecule has 0 radical (unpaired) electrons. The van der Waals surface area contributed by atoms with Gasteiger partial charge in [-0.2, -0.15) is 0 Å². The van der Waals surface area contributed by atoms with E-state index in [4.69, 9.17) is 10.5 Å².